The summed E-state index contributed by atoms with van der Waals surface area (Å²) in [4.78, 5) is 8.39. The van der Waals surface area contributed by atoms with Crippen LogP contribution in [0.5, 0.6) is 0 Å². The molecule has 130 valence electrons. The third-order valence-corrected chi connectivity index (χ3v) is 4.97. The Labute approximate surface area is 147 Å². The van der Waals surface area contributed by atoms with Gasteiger partial charge in [-0.3, -0.25) is 4.98 Å². The Morgan fingerprint density at radius 2 is 1.72 bits per heavy atom. The molecule has 1 aliphatic carbocycles. The van der Waals surface area contributed by atoms with Gasteiger partial charge in [0.25, 0.3) is 5.91 Å². The summed E-state index contributed by atoms with van der Waals surface area (Å²) >= 11 is 0. The predicted octanol–water partition coefficient (Wildman–Crippen LogP) is 2.08. The van der Waals surface area contributed by atoms with Gasteiger partial charge in [-0.1, -0.05) is 13.8 Å². The number of nitriles is 2. The van der Waals surface area contributed by atoms with Crippen molar-refractivity contribution in [1.82, 2.24) is 4.98 Å². The topological polar surface area (TPSA) is 117 Å². The lowest BCUT2D eigenvalue weighted by Crippen LogP contribution is -2.44. The highest BCUT2D eigenvalue weighted by Gasteiger charge is 2.93. The molecule has 1 aliphatic heterocycles. The first kappa shape index (κ1) is 17.3. The number of hydrogen-bond donors (Lipinski definition) is 1. The van der Waals surface area contributed by atoms with E-state index in [1.807, 2.05) is 13.8 Å². The molecule has 1 aromatic heterocycles. The molecule has 1 fully saturated rings. The van der Waals surface area contributed by atoms with Gasteiger partial charge in [0, 0.05) is 18.3 Å². The van der Waals surface area contributed by atoms with Crippen molar-refractivity contribution < 1.29 is 9.47 Å². The van der Waals surface area contributed by atoms with E-state index in [2.05, 4.69) is 22.1 Å². The molecule has 25 heavy (non-hydrogen) atoms. The molecule has 0 saturated heterocycles. The van der Waals surface area contributed by atoms with Crippen LogP contribution in [0.3, 0.4) is 0 Å². The molecule has 3 atom stereocenters. The van der Waals surface area contributed by atoms with Gasteiger partial charge >= 0.3 is 0 Å². The molecule has 1 saturated carbocycles. The fourth-order valence-electron chi connectivity index (χ4n) is 3.90. The molecule has 0 aromatic carbocycles. The van der Waals surface area contributed by atoms with E-state index in [9.17, 15) is 10.5 Å². The van der Waals surface area contributed by atoms with E-state index in [0.29, 0.717) is 13.2 Å². The molecule has 3 unspecified atom stereocenters. The number of rotatable bonds is 7. The summed E-state index contributed by atoms with van der Waals surface area (Å²) in [5.41, 5.74) is 4.43. The van der Waals surface area contributed by atoms with Gasteiger partial charge in [0.05, 0.1) is 25.4 Å². The summed E-state index contributed by atoms with van der Waals surface area (Å²) in [5.74, 6) is -1.92. The van der Waals surface area contributed by atoms with Crippen LogP contribution >= 0.6 is 0 Å². The zero-order valence-electron chi connectivity index (χ0n) is 14.4. The summed E-state index contributed by atoms with van der Waals surface area (Å²) in [5, 5.41) is 20.1. The fraction of sp³-hybridized carbons (Fsp3) is 0.556. The third kappa shape index (κ3) is 1.97. The van der Waals surface area contributed by atoms with Crippen LogP contribution in [0, 0.1) is 33.5 Å². The number of pyridine rings is 1. The van der Waals surface area contributed by atoms with Crippen LogP contribution in [-0.4, -0.2) is 29.9 Å². The zero-order valence-corrected chi connectivity index (χ0v) is 14.4. The Hall–Kier alpha value is -2.48. The van der Waals surface area contributed by atoms with Crippen molar-refractivity contribution in [1.29, 1.82) is 10.5 Å². The summed E-state index contributed by atoms with van der Waals surface area (Å²) in [6, 6.07) is 8.14. The molecule has 2 heterocycles. The van der Waals surface area contributed by atoms with Crippen molar-refractivity contribution in [2.45, 2.75) is 38.5 Å². The van der Waals surface area contributed by atoms with Gasteiger partial charge in [-0.15, -0.1) is 0 Å². The number of ether oxygens (including phenoxy) is 2. The van der Waals surface area contributed by atoms with Crippen LogP contribution in [-0.2, 0) is 9.47 Å². The highest BCUT2D eigenvalue weighted by Crippen LogP contribution is 2.81. The normalized spacial score (nSPS) is 31.5. The average molecular weight is 339 g/mol. The molecule has 7 heteroatoms. The molecule has 0 spiro atoms. The summed E-state index contributed by atoms with van der Waals surface area (Å²) in [6.07, 6.45) is 4.73. The Balaban J connectivity index is 2.16. The van der Waals surface area contributed by atoms with Crippen LogP contribution in [0.1, 0.15) is 38.2 Å². The molecule has 3 rings (SSSR count). The standard InChI is InChI=1S/C18H21N5O2/c1-3-9-24-18(25-10-4-2)17(12-20)14(13-5-7-22-8-6-13)16(17,11-19)15(21)23-18/h5-8,14H,3-4,9-10H2,1-2H3,(H2,21,23). The highest BCUT2D eigenvalue weighted by atomic mass is 16.7. The molecule has 2 aliphatic rings. The van der Waals surface area contributed by atoms with Crippen molar-refractivity contribution in [3.05, 3.63) is 30.1 Å². The first-order chi connectivity index (χ1) is 12.1. The zero-order chi connectivity index (χ0) is 18.1. The van der Waals surface area contributed by atoms with Gasteiger partial charge in [0.2, 0.25) is 0 Å². The van der Waals surface area contributed by atoms with Crippen LogP contribution in [0.4, 0.5) is 0 Å². The summed E-state index contributed by atoms with van der Waals surface area (Å²) < 4.78 is 11.9. The maximum Gasteiger partial charge on any atom is 0.293 e. The molecule has 0 amide bonds. The second-order valence-corrected chi connectivity index (χ2v) is 6.33. The number of hydrogen-bond acceptors (Lipinski definition) is 7. The number of nitrogens with two attached hydrogens (primary N) is 1. The van der Waals surface area contributed by atoms with E-state index in [1.54, 1.807) is 24.5 Å². The van der Waals surface area contributed by atoms with Gasteiger partial charge < -0.3 is 15.2 Å². The molecule has 2 N–H and O–H groups in total. The fourth-order valence-corrected chi connectivity index (χ4v) is 3.90. The van der Waals surface area contributed by atoms with Gasteiger partial charge in [0.1, 0.15) is 11.3 Å². The molecule has 7 nitrogen and oxygen atoms in total. The molecule has 1 aromatic rings. The van der Waals surface area contributed by atoms with E-state index in [0.717, 1.165) is 18.4 Å². The van der Waals surface area contributed by atoms with Crippen molar-refractivity contribution in [2.24, 2.45) is 21.6 Å². The number of amidine groups is 1. The van der Waals surface area contributed by atoms with E-state index < -0.39 is 22.7 Å². The lowest BCUT2D eigenvalue weighted by atomic mass is 9.93. The maximum atomic E-state index is 10.1. The first-order valence-corrected chi connectivity index (χ1v) is 8.46. The predicted molar refractivity (Wildman–Crippen MR) is 89.9 cm³/mol. The molecular weight excluding hydrogens is 318 g/mol. The van der Waals surface area contributed by atoms with Crippen LogP contribution in [0.15, 0.2) is 29.5 Å². The minimum absolute atomic E-state index is 0.102. The number of nitrogens with zero attached hydrogens (tertiary/aromatic N) is 4. The van der Waals surface area contributed by atoms with E-state index in [4.69, 9.17) is 15.2 Å². The lowest BCUT2D eigenvalue weighted by molar-refractivity contribution is -0.259. The number of aliphatic imine (C=N–C) groups is 1. The average Bonchev–Trinajstić information content (AvgIpc) is 3.23. The van der Waals surface area contributed by atoms with E-state index in [1.165, 1.54) is 0 Å². The molecular formula is C18H21N5O2. The second-order valence-electron chi connectivity index (χ2n) is 6.33. The van der Waals surface area contributed by atoms with Crippen molar-refractivity contribution in [3.8, 4) is 12.1 Å². The Bertz CT molecular complexity index is 758. The van der Waals surface area contributed by atoms with Crippen LogP contribution in [0.25, 0.3) is 0 Å². The Morgan fingerprint density at radius 1 is 1.12 bits per heavy atom. The minimum atomic E-state index is -1.55. The second kappa shape index (κ2) is 6.11. The quantitative estimate of drug-likeness (QED) is 0.760. The Kier molecular flexibility index (Phi) is 4.24. The third-order valence-electron chi connectivity index (χ3n) is 4.97. The lowest BCUT2D eigenvalue weighted by Gasteiger charge is -2.32. The minimum Gasteiger partial charge on any atom is -0.386 e. The number of aromatic nitrogens is 1. The highest BCUT2D eigenvalue weighted by molar-refractivity contribution is 6.00. The van der Waals surface area contributed by atoms with Crippen molar-refractivity contribution in [3.63, 3.8) is 0 Å². The van der Waals surface area contributed by atoms with Gasteiger partial charge in [0.15, 0.2) is 5.41 Å². The molecule has 0 bridgehead atoms. The SMILES string of the molecule is CCCOC1(OCCC)N=C(N)C2(C#N)C(c3ccncc3)C12C#N. The molecule has 0 radical (unpaired) electrons. The van der Waals surface area contributed by atoms with Crippen LogP contribution < -0.4 is 5.73 Å². The monoisotopic (exact) mass is 339 g/mol. The first-order valence-electron chi connectivity index (χ1n) is 8.46. The summed E-state index contributed by atoms with van der Waals surface area (Å²) in [7, 11) is 0. The van der Waals surface area contributed by atoms with Gasteiger partial charge in [-0.05, 0) is 30.5 Å². The van der Waals surface area contributed by atoms with Crippen LogP contribution in [0.2, 0.25) is 0 Å². The maximum absolute atomic E-state index is 10.1. The largest absolute Gasteiger partial charge is 0.386 e. The van der Waals surface area contributed by atoms with E-state index >= 15 is 0 Å². The van der Waals surface area contributed by atoms with Crippen molar-refractivity contribution in [2.75, 3.05) is 13.2 Å². The van der Waals surface area contributed by atoms with Gasteiger partial charge in [-0.25, -0.2) is 4.99 Å². The smallest absolute Gasteiger partial charge is 0.293 e. The number of fused-ring (bicyclic) bond motifs is 1. The summed E-state index contributed by atoms with van der Waals surface area (Å²) in [6.45, 7) is 4.63. The van der Waals surface area contributed by atoms with E-state index in [-0.39, 0.29) is 5.84 Å². The van der Waals surface area contributed by atoms with Crippen molar-refractivity contribution >= 4 is 5.84 Å². The Morgan fingerprint density at radius 3 is 2.20 bits per heavy atom. The van der Waals surface area contributed by atoms with Gasteiger partial charge in [-0.2, -0.15) is 10.5 Å².